The number of nitrogens with zero attached hydrogens (tertiary/aromatic N) is 1. The van der Waals surface area contributed by atoms with Gasteiger partial charge in [0.1, 0.15) is 6.54 Å². The molecule has 0 bridgehead atoms. The maximum Gasteiger partial charge on any atom is 0.325 e. The van der Waals surface area contributed by atoms with Gasteiger partial charge >= 0.3 is 5.97 Å². The van der Waals surface area contributed by atoms with Crippen LogP contribution in [0.3, 0.4) is 0 Å². The molecule has 1 aliphatic rings. The minimum Gasteiger partial charge on any atom is -0.465 e. The second-order valence-electron chi connectivity index (χ2n) is 4.75. The van der Waals surface area contributed by atoms with Gasteiger partial charge in [-0.3, -0.25) is 9.59 Å². The Bertz CT molecular complexity index is 356. The molecule has 0 spiro atoms. The average Bonchev–Trinajstić information content (AvgIpc) is 3.16. The van der Waals surface area contributed by atoms with Gasteiger partial charge in [-0.1, -0.05) is 25.6 Å². The van der Waals surface area contributed by atoms with Crippen LogP contribution in [0.15, 0.2) is 0 Å². The van der Waals surface area contributed by atoms with Crippen molar-refractivity contribution in [3.63, 3.8) is 0 Å². The molecule has 0 radical (unpaired) electrons. The molecule has 0 aliphatic heterocycles. The van der Waals surface area contributed by atoms with E-state index in [1.807, 2.05) is 6.92 Å². The number of carbonyl (C=O) groups excluding carboxylic acids is 2. The van der Waals surface area contributed by atoms with Gasteiger partial charge in [-0.2, -0.15) is 0 Å². The molecule has 1 saturated carbocycles. The predicted octanol–water partition coefficient (Wildman–Crippen LogP) is 1.24. The first-order valence-corrected chi connectivity index (χ1v) is 7.17. The standard InChI is InChI=1S/C13H22N2O3S/c1-3-5-10(12(14)19)13(17)15(9-6-7-9)8-11(16)18-4-2/h9-10H,3-8H2,1-2H3,(H2,14,19). The number of hydrogen-bond donors (Lipinski definition) is 1. The van der Waals surface area contributed by atoms with Gasteiger partial charge in [-0.25, -0.2) is 0 Å². The summed E-state index contributed by atoms with van der Waals surface area (Å²) < 4.78 is 4.90. The molecule has 1 atom stereocenters. The van der Waals surface area contributed by atoms with Crippen molar-refractivity contribution in [2.75, 3.05) is 13.2 Å². The molecule has 0 heterocycles. The summed E-state index contributed by atoms with van der Waals surface area (Å²) >= 11 is 4.96. The van der Waals surface area contributed by atoms with Crippen LogP contribution < -0.4 is 5.73 Å². The van der Waals surface area contributed by atoms with Gasteiger partial charge in [0, 0.05) is 6.04 Å². The topological polar surface area (TPSA) is 72.6 Å². The van der Waals surface area contributed by atoms with E-state index in [1.54, 1.807) is 11.8 Å². The second kappa shape index (κ2) is 7.43. The number of hydrogen-bond acceptors (Lipinski definition) is 4. The third-order valence-electron chi connectivity index (χ3n) is 3.09. The molecule has 0 aromatic rings. The summed E-state index contributed by atoms with van der Waals surface area (Å²) in [7, 11) is 0. The van der Waals surface area contributed by atoms with E-state index in [1.165, 1.54) is 0 Å². The molecule has 19 heavy (non-hydrogen) atoms. The fourth-order valence-corrected chi connectivity index (χ4v) is 2.21. The number of thiocarbonyl (C=S) groups is 1. The van der Waals surface area contributed by atoms with Gasteiger partial charge < -0.3 is 15.4 Å². The van der Waals surface area contributed by atoms with Gasteiger partial charge in [0.2, 0.25) is 5.91 Å². The highest BCUT2D eigenvalue weighted by molar-refractivity contribution is 7.80. The smallest absolute Gasteiger partial charge is 0.325 e. The van der Waals surface area contributed by atoms with Crippen LogP contribution >= 0.6 is 12.2 Å². The van der Waals surface area contributed by atoms with Crippen molar-refractivity contribution in [3.8, 4) is 0 Å². The highest BCUT2D eigenvalue weighted by Gasteiger charge is 2.37. The van der Waals surface area contributed by atoms with Crippen molar-refractivity contribution in [1.82, 2.24) is 4.90 Å². The summed E-state index contributed by atoms with van der Waals surface area (Å²) in [4.78, 5) is 25.8. The van der Waals surface area contributed by atoms with Crippen molar-refractivity contribution >= 4 is 29.1 Å². The Labute approximate surface area is 119 Å². The first-order valence-electron chi connectivity index (χ1n) is 6.76. The summed E-state index contributed by atoms with van der Waals surface area (Å²) in [6, 6.07) is 0.144. The molecule has 0 aromatic heterocycles. The number of carbonyl (C=O) groups is 2. The molecule has 1 fully saturated rings. The minimum absolute atomic E-state index is 0.000166. The Hall–Kier alpha value is -1.17. The lowest BCUT2D eigenvalue weighted by molar-refractivity contribution is -0.150. The quantitative estimate of drug-likeness (QED) is 0.537. The Morgan fingerprint density at radius 3 is 2.47 bits per heavy atom. The Morgan fingerprint density at radius 1 is 1.42 bits per heavy atom. The summed E-state index contributed by atoms with van der Waals surface area (Å²) in [6.07, 6.45) is 3.31. The zero-order valence-electron chi connectivity index (χ0n) is 11.6. The molecule has 2 N–H and O–H groups in total. The van der Waals surface area contributed by atoms with Gasteiger partial charge in [0.25, 0.3) is 0 Å². The van der Waals surface area contributed by atoms with E-state index in [-0.39, 0.29) is 29.5 Å². The number of rotatable bonds is 8. The second-order valence-corrected chi connectivity index (χ2v) is 5.22. The minimum atomic E-state index is -0.463. The lowest BCUT2D eigenvalue weighted by Crippen LogP contribution is -2.45. The van der Waals surface area contributed by atoms with Crippen molar-refractivity contribution < 1.29 is 14.3 Å². The Balaban J connectivity index is 2.71. The Morgan fingerprint density at radius 2 is 2.05 bits per heavy atom. The molecule has 1 unspecified atom stereocenters. The highest BCUT2D eigenvalue weighted by atomic mass is 32.1. The van der Waals surface area contributed by atoms with Crippen LogP contribution in [0.4, 0.5) is 0 Å². The third-order valence-corrected chi connectivity index (χ3v) is 3.38. The van der Waals surface area contributed by atoms with Crippen molar-refractivity contribution in [2.45, 2.75) is 45.6 Å². The number of nitrogens with two attached hydrogens (primary N) is 1. The SMILES string of the molecule is CCCC(C(=O)N(CC(=O)OCC)C1CC1)C(N)=S. The fraction of sp³-hybridized carbons (Fsp3) is 0.769. The zero-order chi connectivity index (χ0) is 14.4. The number of amides is 1. The fourth-order valence-electron chi connectivity index (χ4n) is 2.00. The first-order chi connectivity index (χ1) is 9.01. The van der Waals surface area contributed by atoms with Gasteiger partial charge in [0.15, 0.2) is 0 Å². The van der Waals surface area contributed by atoms with E-state index in [9.17, 15) is 9.59 Å². The molecule has 1 aliphatic carbocycles. The van der Waals surface area contributed by atoms with Gasteiger partial charge in [-0.15, -0.1) is 0 Å². The molecular formula is C13H22N2O3S. The Kier molecular flexibility index (Phi) is 6.21. The van der Waals surface area contributed by atoms with E-state index in [4.69, 9.17) is 22.7 Å². The van der Waals surface area contributed by atoms with E-state index < -0.39 is 5.92 Å². The largest absolute Gasteiger partial charge is 0.465 e. The van der Waals surface area contributed by atoms with Crippen LogP contribution in [0.1, 0.15) is 39.5 Å². The predicted molar refractivity (Wildman–Crippen MR) is 76.6 cm³/mol. The molecule has 6 heteroatoms. The molecule has 0 saturated heterocycles. The monoisotopic (exact) mass is 286 g/mol. The third kappa shape index (κ3) is 4.78. The summed E-state index contributed by atoms with van der Waals surface area (Å²) in [5, 5.41) is 0. The summed E-state index contributed by atoms with van der Waals surface area (Å²) in [5.74, 6) is -0.971. The molecule has 5 nitrogen and oxygen atoms in total. The molecule has 108 valence electrons. The van der Waals surface area contributed by atoms with Gasteiger partial charge in [0.05, 0.1) is 17.5 Å². The lowest BCUT2D eigenvalue weighted by Gasteiger charge is -2.26. The van der Waals surface area contributed by atoms with Crippen LogP contribution in [0.5, 0.6) is 0 Å². The number of esters is 1. The van der Waals surface area contributed by atoms with Crippen LogP contribution in [-0.4, -0.2) is 41.0 Å². The van der Waals surface area contributed by atoms with E-state index >= 15 is 0 Å². The van der Waals surface area contributed by atoms with Crippen LogP contribution in [0.2, 0.25) is 0 Å². The highest BCUT2D eigenvalue weighted by Crippen LogP contribution is 2.29. The van der Waals surface area contributed by atoms with Crippen molar-refractivity contribution in [1.29, 1.82) is 0 Å². The molecule has 1 rings (SSSR count). The first kappa shape index (κ1) is 15.9. The van der Waals surface area contributed by atoms with E-state index in [2.05, 4.69) is 0 Å². The summed E-state index contributed by atoms with van der Waals surface area (Å²) in [6.45, 7) is 4.04. The van der Waals surface area contributed by atoms with E-state index in [0.717, 1.165) is 19.3 Å². The number of ether oxygens (including phenoxy) is 1. The van der Waals surface area contributed by atoms with E-state index in [0.29, 0.717) is 13.0 Å². The van der Waals surface area contributed by atoms with Crippen molar-refractivity contribution in [3.05, 3.63) is 0 Å². The van der Waals surface area contributed by atoms with Crippen LogP contribution in [0.25, 0.3) is 0 Å². The normalized spacial score (nSPS) is 15.7. The molecule has 0 aromatic carbocycles. The lowest BCUT2D eigenvalue weighted by atomic mass is 10.0. The maximum absolute atomic E-state index is 12.4. The van der Waals surface area contributed by atoms with Crippen LogP contribution in [-0.2, 0) is 14.3 Å². The van der Waals surface area contributed by atoms with Gasteiger partial charge in [-0.05, 0) is 26.2 Å². The summed E-state index contributed by atoms with van der Waals surface area (Å²) in [5.41, 5.74) is 5.64. The maximum atomic E-state index is 12.4. The average molecular weight is 286 g/mol. The molecule has 1 amide bonds. The van der Waals surface area contributed by atoms with Crippen LogP contribution in [0, 0.1) is 5.92 Å². The molecular weight excluding hydrogens is 264 g/mol. The van der Waals surface area contributed by atoms with Crippen molar-refractivity contribution in [2.24, 2.45) is 11.7 Å². The zero-order valence-corrected chi connectivity index (χ0v) is 12.4.